The van der Waals surface area contributed by atoms with Crippen molar-refractivity contribution in [3.8, 4) is 0 Å². The quantitative estimate of drug-likeness (QED) is 0.398. The van der Waals surface area contributed by atoms with Crippen LogP contribution in [0.4, 0.5) is 0 Å². The molecule has 1 aliphatic rings. The molecule has 2 rings (SSSR count). The first-order valence-electron chi connectivity index (χ1n) is 11.2. The molecule has 0 spiro atoms. The molecule has 3 atom stereocenters. The lowest BCUT2D eigenvalue weighted by Crippen LogP contribution is -2.49. The van der Waals surface area contributed by atoms with Crippen LogP contribution in [0.5, 0.6) is 0 Å². The van der Waals surface area contributed by atoms with E-state index in [4.69, 9.17) is 9.47 Å². The van der Waals surface area contributed by atoms with E-state index in [0.29, 0.717) is 6.42 Å². The van der Waals surface area contributed by atoms with Crippen LogP contribution in [0.1, 0.15) is 56.9 Å². The van der Waals surface area contributed by atoms with Gasteiger partial charge in [-0.3, -0.25) is 19.2 Å². The Morgan fingerprint density at radius 3 is 2.27 bits per heavy atom. The number of hydrogen-bond donors (Lipinski definition) is 2. The van der Waals surface area contributed by atoms with Crippen molar-refractivity contribution in [2.75, 3.05) is 27.4 Å². The van der Waals surface area contributed by atoms with Gasteiger partial charge < -0.3 is 24.6 Å². The maximum atomic E-state index is 13.1. The summed E-state index contributed by atoms with van der Waals surface area (Å²) >= 11 is 0. The van der Waals surface area contributed by atoms with E-state index in [1.165, 1.54) is 26.5 Å². The third-order valence-corrected chi connectivity index (χ3v) is 5.82. The van der Waals surface area contributed by atoms with E-state index in [1.54, 1.807) is 0 Å². The molecule has 1 saturated carbocycles. The summed E-state index contributed by atoms with van der Waals surface area (Å²) in [6.07, 6.45) is 3.22. The van der Waals surface area contributed by atoms with Crippen molar-refractivity contribution < 1.29 is 33.2 Å². The highest BCUT2D eigenvalue weighted by Crippen LogP contribution is 2.47. The summed E-state index contributed by atoms with van der Waals surface area (Å²) in [5, 5.41) is 8.96. The summed E-state index contributed by atoms with van der Waals surface area (Å²) in [6, 6.07) is -0.220. The fourth-order valence-electron chi connectivity index (χ4n) is 3.60. The summed E-state index contributed by atoms with van der Waals surface area (Å²) in [5.74, 6) is -1.99. The normalized spacial score (nSPS) is 17.2. The lowest BCUT2D eigenvalue weighted by atomic mass is 9.90. The summed E-state index contributed by atoms with van der Waals surface area (Å²) in [5.41, 5.74) is -0.354. The molecule has 0 bridgehead atoms. The number of carbonyl (C=O) groups is 4. The van der Waals surface area contributed by atoms with Crippen LogP contribution < -0.4 is 10.6 Å². The monoisotopic (exact) mass is 465 g/mol. The summed E-state index contributed by atoms with van der Waals surface area (Å²) in [6.45, 7) is 5.82. The number of ether oxygens (including phenoxy) is 2. The van der Waals surface area contributed by atoms with Gasteiger partial charge in [-0.1, -0.05) is 25.9 Å². The molecule has 184 valence electrons. The number of aromatic nitrogens is 1. The first-order chi connectivity index (χ1) is 15.6. The standard InChI is InChI=1S/C23H35N3O7/c1-14(2)10-17(20(28)23(3)7-8-23)24-21(29)15(12-31-4)11-19(27)18(13-32-5)25-22(30)16-6-9-33-26-16/h6,9,14-15,17-18H,7-8,10-13H2,1-5H3,(H,24,29)(H,25,30)/t15-,17-,18-/m0/s1. The zero-order valence-corrected chi connectivity index (χ0v) is 20.0. The minimum atomic E-state index is -0.982. The van der Waals surface area contributed by atoms with Crippen LogP contribution in [0.15, 0.2) is 16.9 Å². The van der Waals surface area contributed by atoms with Gasteiger partial charge in [0.15, 0.2) is 17.3 Å². The maximum absolute atomic E-state index is 13.1. The molecule has 1 aromatic rings. The molecule has 1 aliphatic carbocycles. The van der Waals surface area contributed by atoms with Crippen LogP contribution in [-0.2, 0) is 23.9 Å². The third-order valence-electron chi connectivity index (χ3n) is 5.82. The second-order valence-corrected chi connectivity index (χ2v) is 9.30. The summed E-state index contributed by atoms with van der Waals surface area (Å²) < 4.78 is 14.9. The molecule has 0 radical (unpaired) electrons. The van der Waals surface area contributed by atoms with Gasteiger partial charge in [0.05, 0.1) is 25.2 Å². The van der Waals surface area contributed by atoms with E-state index in [2.05, 4.69) is 20.3 Å². The van der Waals surface area contributed by atoms with Crippen LogP contribution in [0.3, 0.4) is 0 Å². The Morgan fingerprint density at radius 2 is 1.76 bits per heavy atom. The number of hydrogen-bond acceptors (Lipinski definition) is 8. The number of nitrogens with one attached hydrogen (secondary N) is 2. The minimum absolute atomic E-state index is 0.00559. The first kappa shape index (κ1) is 26.7. The van der Waals surface area contributed by atoms with Crippen LogP contribution in [0.2, 0.25) is 0 Å². The zero-order chi connectivity index (χ0) is 24.6. The molecular formula is C23H35N3O7. The summed E-state index contributed by atoms with van der Waals surface area (Å²) in [7, 11) is 2.84. The van der Waals surface area contributed by atoms with E-state index in [-0.39, 0.29) is 42.4 Å². The van der Waals surface area contributed by atoms with Crippen molar-refractivity contribution in [3.05, 3.63) is 18.0 Å². The number of ketones is 2. The largest absolute Gasteiger partial charge is 0.384 e. The van der Waals surface area contributed by atoms with Gasteiger partial charge in [0.2, 0.25) is 5.91 Å². The van der Waals surface area contributed by atoms with Gasteiger partial charge in [0.25, 0.3) is 5.91 Å². The Balaban J connectivity index is 2.07. The molecule has 0 unspecified atom stereocenters. The Kier molecular flexibility index (Phi) is 9.72. The molecule has 0 aromatic carbocycles. The second kappa shape index (κ2) is 12.0. The van der Waals surface area contributed by atoms with Gasteiger partial charge in [-0.25, -0.2) is 0 Å². The van der Waals surface area contributed by atoms with Crippen LogP contribution in [-0.4, -0.2) is 68.1 Å². The number of amides is 2. The molecule has 2 N–H and O–H groups in total. The molecule has 33 heavy (non-hydrogen) atoms. The maximum Gasteiger partial charge on any atom is 0.274 e. The number of rotatable bonds is 15. The average molecular weight is 466 g/mol. The number of methoxy groups -OCH3 is 2. The van der Waals surface area contributed by atoms with Crippen molar-refractivity contribution in [3.63, 3.8) is 0 Å². The topological polar surface area (TPSA) is 137 Å². The second-order valence-electron chi connectivity index (χ2n) is 9.30. The highest BCUT2D eigenvalue weighted by molar-refractivity contribution is 5.98. The first-order valence-corrected chi connectivity index (χ1v) is 11.2. The minimum Gasteiger partial charge on any atom is -0.384 e. The lowest BCUT2D eigenvalue weighted by molar-refractivity contribution is -0.135. The van der Waals surface area contributed by atoms with Crippen molar-refractivity contribution >= 4 is 23.4 Å². The SMILES string of the molecule is COC[C@H](CC(=O)[C@H](COC)NC(=O)c1ccon1)C(=O)N[C@@H](CC(C)C)C(=O)C1(C)CC1. The zero-order valence-electron chi connectivity index (χ0n) is 20.0. The van der Waals surface area contributed by atoms with E-state index >= 15 is 0 Å². The molecule has 1 fully saturated rings. The fourth-order valence-corrected chi connectivity index (χ4v) is 3.60. The number of Topliss-reactive ketones (excluding diaryl/α,β-unsaturated/α-hetero) is 2. The predicted octanol–water partition coefficient (Wildman–Crippen LogP) is 1.54. The fraction of sp³-hybridized carbons (Fsp3) is 0.696. The molecule has 10 heteroatoms. The molecule has 10 nitrogen and oxygen atoms in total. The van der Waals surface area contributed by atoms with Gasteiger partial charge in [-0.05, 0) is 25.2 Å². The van der Waals surface area contributed by atoms with Gasteiger partial charge in [0.1, 0.15) is 12.3 Å². The van der Waals surface area contributed by atoms with Crippen LogP contribution >= 0.6 is 0 Å². The molecule has 0 aliphatic heterocycles. The molecule has 1 aromatic heterocycles. The van der Waals surface area contributed by atoms with Crippen molar-refractivity contribution in [1.29, 1.82) is 0 Å². The van der Waals surface area contributed by atoms with Crippen molar-refractivity contribution in [1.82, 2.24) is 15.8 Å². The highest BCUT2D eigenvalue weighted by Gasteiger charge is 2.48. The van der Waals surface area contributed by atoms with Gasteiger partial charge in [-0.2, -0.15) is 0 Å². The van der Waals surface area contributed by atoms with E-state index < -0.39 is 35.6 Å². The molecule has 0 saturated heterocycles. The Morgan fingerprint density at radius 1 is 1.09 bits per heavy atom. The van der Waals surface area contributed by atoms with E-state index in [9.17, 15) is 19.2 Å². The summed E-state index contributed by atoms with van der Waals surface area (Å²) in [4.78, 5) is 51.2. The van der Waals surface area contributed by atoms with Crippen LogP contribution in [0, 0.1) is 17.3 Å². The smallest absolute Gasteiger partial charge is 0.274 e. The molecule has 1 heterocycles. The average Bonchev–Trinajstić information content (AvgIpc) is 3.27. The molecular weight excluding hydrogens is 430 g/mol. The van der Waals surface area contributed by atoms with Crippen molar-refractivity contribution in [2.45, 2.75) is 58.5 Å². The van der Waals surface area contributed by atoms with Crippen LogP contribution in [0.25, 0.3) is 0 Å². The van der Waals surface area contributed by atoms with E-state index in [1.807, 2.05) is 20.8 Å². The Labute approximate surface area is 194 Å². The third kappa shape index (κ3) is 7.75. The van der Waals surface area contributed by atoms with Gasteiger partial charge in [-0.15, -0.1) is 0 Å². The lowest BCUT2D eigenvalue weighted by Gasteiger charge is -2.25. The Bertz CT molecular complexity index is 818. The highest BCUT2D eigenvalue weighted by atomic mass is 16.5. The predicted molar refractivity (Wildman–Crippen MR) is 118 cm³/mol. The van der Waals surface area contributed by atoms with Gasteiger partial charge in [0, 0.05) is 32.1 Å². The number of carbonyl (C=O) groups excluding carboxylic acids is 4. The Hall–Kier alpha value is -2.59. The van der Waals surface area contributed by atoms with E-state index in [0.717, 1.165) is 12.8 Å². The molecule has 2 amide bonds. The van der Waals surface area contributed by atoms with Crippen molar-refractivity contribution in [2.24, 2.45) is 17.3 Å². The van der Waals surface area contributed by atoms with Gasteiger partial charge >= 0.3 is 0 Å². The number of nitrogens with zero attached hydrogens (tertiary/aromatic N) is 1.